The van der Waals surface area contributed by atoms with Crippen LogP contribution in [0.3, 0.4) is 0 Å². The predicted molar refractivity (Wildman–Crippen MR) is 220 cm³/mol. The highest BCUT2D eigenvalue weighted by Gasteiger charge is 2.40. The molecule has 0 bridgehead atoms. The summed E-state index contributed by atoms with van der Waals surface area (Å²) in [5.74, 6) is -2.01. The molecule has 7 rings (SSSR count). The number of ether oxygens (including phenoxy) is 2. The Morgan fingerprint density at radius 3 is 2.08 bits per heavy atom. The number of alkyl halides is 3. The fraction of sp³-hybridized carbons (Fsp3) is 0.405. The van der Waals surface area contributed by atoms with Gasteiger partial charge in [0.25, 0.3) is 5.91 Å². The fourth-order valence-electron chi connectivity index (χ4n) is 7.53. The van der Waals surface area contributed by atoms with Crippen LogP contribution in [-0.4, -0.2) is 113 Å². The maximum absolute atomic E-state index is 13.5. The smallest absolute Gasteiger partial charge is 0.475 e. The van der Waals surface area contributed by atoms with Crippen LogP contribution in [0.25, 0.3) is 44.8 Å². The number of H-pyrrole nitrogens is 2. The highest BCUT2D eigenvalue weighted by Crippen LogP contribution is 2.35. The molecule has 0 saturated carbocycles. The molecule has 4 amide bonds. The monoisotopic (exact) mass is 876 g/mol. The minimum Gasteiger partial charge on any atom is -0.475 e. The highest BCUT2D eigenvalue weighted by atomic mass is 19.4. The molecule has 2 aromatic carbocycles. The zero-order valence-corrected chi connectivity index (χ0v) is 34.8. The van der Waals surface area contributed by atoms with Crippen LogP contribution in [0.5, 0.6) is 0 Å². The van der Waals surface area contributed by atoms with Gasteiger partial charge in [0, 0.05) is 41.9 Å². The van der Waals surface area contributed by atoms with Gasteiger partial charge in [-0.2, -0.15) is 13.2 Å². The van der Waals surface area contributed by atoms with Gasteiger partial charge >= 0.3 is 24.3 Å². The van der Waals surface area contributed by atoms with Crippen LogP contribution >= 0.6 is 0 Å². The summed E-state index contributed by atoms with van der Waals surface area (Å²) in [4.78, 5) is 88.0. The molecule has 21 heteroatoms. The highest BCUT2D eigenvalue weighted by molar-refractivity contribution is 5.86. The Bertz CT molecular complexity index is 2460. The number of alkyl carbamates (subject to hydrolysis) is 1. The normalized spacial score (nSPS) is 17.6. The second-order valence-corrected chi connectivity index (χ2v) is 15.2. The number of rotatable bonds is 11. The zero-order valence-electron chi connectivity index (χ0n) is 34.8. The molecule has 5 heterocycles. The van der Waals surface area contributed by atoms with Crippen molar-refractivity contribution in [3.05, 3.63) is 72.7 Å². The molecule has 2 fully saturated rings. The van der Waals surface area contributed by atoms with Gasteiger partial charge in [0.1, 0.15) is 17.7 Å². The van der Waals surface area contributed by atoms with E-state index < -0.39 is 36.5 Å². The molecule has 5 atom stereocenters. The maximum atomic E-state index is 13.5. The molecule has 2 saturated heterocycles. The second kappa shape index (κ2) is 19.3. The Labute approximate surface area is 358 Å². The molecule has 2 aliphatic rings. The van der Waals surface area contributed by atoms with Gasteiger partial charge in [-0.25, -0.2) is 29.3 Å². The molecule has 18 nitrogen and oxygen atoms in total. The first-order chi connectivity index (χ1) is 30.0. The van der Waals surface area contributed by atoms with Gasteiger partial charge in [-0.1, -0.05) is 44.2 Å². The third-order valence-electron chi connectivity index (χ3n) is 11.0. The lowest BCUT2D eigenvalue weighted by Crippen LogP contribution is -2.46. The first kappa shape index (κ1) is 45.5. The Morgan fingerprint density at radius 2 is 1.48 bits per heavy atom. The Morgan fingerprint density at radius 1 is 0.873 bits per heavy atom. The van der Waals surface area contributed by atoms with E-state index in [4.69, 9.17) is 35.3 Å². The summed E-state index contributed by atoms with van der Waals surface area (Å²) in [6, 6.07) is 12.5. The van der Waals surface area contributed by atoms with Crippen molar-refractivity contribution >= 4 is 41.0 Å². The number of carbonyl (C=O) groups excluding carboxylic acids is 4. The summed E-state index contributed by atoms with van der Waals surface area (Å²) in [6.07, 6.45) is 1.52. The molecular weight excluding hydrogens is 830 g/mol. The van der Waals surface area contributed by atoms with Crippen molar-refractivity contribution in [2.24, 2.45) is 11.7 Å². The van der Waals surface area contributed by atoms with E-state index in [0.29, 0.717) is 31.2 Å². The van der Waals surface area contributed by atoms with Crippen LogP contribution in [0.15, 0.2) is 61.1 Å². The molecule has 5 aromatic rings. The SMILES string of the molecule is CCC(C)[C@H](OC(N)=O)C(=O)N1CCC[C@H]1c1nc(-c2ccc(-c3cnc4cc(-c5cnc([C@@H]6CCCN6C(=O)[C@H](C)NC(=O)OC)[nH]5)ccc4n3)cc2)c[nH]1.O=C(O)C(F)(F)F. The number of likely N-dealkylation sites (tertiary alicyclic amines) is 2. The Hall–Kier alpha value is -7.06. The van der Waals surface area contributed by atoms with E-state index in [0.717, 1.165) is 70.5 Å². The summed E-state index contributed by atoms with van der Waals surface area (Å²) in [6.45, 7) is 6.58. The van der Waals surface area contributed by atoms with E-state index in [1.807, 2.05) is 62.5 Å². The van der Waals surface area contributed by atoms with Crippen molar-refractivity contribution in [3.8, 4) is 33.8 Å². The molecule has 6 N–H and O–H groups in total. The number of aromatic amines is 2. The Kier molecular flexibility index (Phi) is 13.9. The number of hydrogen-bond donors (Lipinski definition) is 5. The number of carbonyl (C=O) groups is 5. The van der Waals surface area contributed by atoms with Gasteiger partial charge in [-0.3, -0.25) is 14.6 Å². The van der Waals surface area contributed by atoms with Crippen molar-refractivity contribution in [1.29, 1.82) is 0 Å². The molecule has 3 aromatic heterocycles. The number of amides is 4. The molecule has 0 radical (unpaired) electrons. The van der Waals surface area contributed by atoms with Gasteiger partial charge < -0.3 is 45.4 Å². The van der Waals surface area contributed by atoms with Crippen molar-refractivity contribution in [2.75, 3.05) is 20.2 Å². The number of hydrogen-bond acceptors (Lipinski definition) is 11. The lowest BCUT2D eigenvalue weighted by Gasteiger charge is -2.29. The average molecular weight is 877 g/mol. The number of nitrogens with zero attached hydrogens (tertiary/aromatic N) is 6. The molecule has 0 aliphatic carbocycles. The minimum atomic E-state index is -5.08. The first-order valence-corrected chi connectivity index (χ1v) is 20.2. The topological polar surface area (TPSA) is 252 Å². The molecule has 0 spiro atoms. The van der Waals surface area contributed by atoms with Crippen LogP contribution in [0, 0.1) is 5.92 Å². The standard InChI is InChI=1S/C40H46N10O6.C2HF3O2/c1-5-22(2)34(56-39(41)53)38(52)50-17-7-9-33(50)36-43-20-30(47-36)25-12-10-24(11-13-25)29-19-42-28-18-26(14-15-27(28)46-29)31-21-44-35(48-31)32-8-6-16-49(32)37(51)23(3)45-40(54)55-4;3-2(4,5)1(6)7/h10-15,18-23,32-34H,5-9,16-17H2,1-4H3,(H2,41,53)(H,43,47)(H,44,48)(H,45,54);(H,6,7)/t22?,23-,32-,33-,34-;/m0./s1. The summed E-state index contributed by atoms with van der Waals surface area (Å²) >= 11 is 0. The third-order valence-corrected chi connectivity index (χ3v) is 11.0. The zero-order chi connectivity index (χ0) is 45.6. The summed E-state index contributed by atoms with van der Waals surface area (Å²) in [5, 5.41) is 9.68. The van der Waals surface area contributed by atoms with Crippen LogP contribution in [0.2, 0.25) is 0 Å². The molecule has 2 aliphatic heterocycles. The van der Waals surface area contributed by atoms with Crippen molar-refractivity contribution in [2.45, 2.75) is 83.3 Å². The predicted octanol–water partition coefficient (Wildman–Crippen LogP) is 6.29. The second-order valence-electron chi connectivity index (χ2n) is 15.2. The van der Waals surface area contributed by atoms with Crippen molar-refractivity contribution in [1.82, 2.24) is 45.0 Å². The van der Waals surface area contributed by atoms with Gasteiger partial charge in [-0.15, -0.1) is 0 Å². The number of fused-ring (bicyclic) bond motifs is 1. The largest absolute Gasteiger partial charge is 0.490 e. The van der Waals surface area contributed by atoms with E-state index >= 15 is 0 Å². The maximum Gasteiger partial charge on any atom is 0.490 e. The molecular formula is C42H47F3N10O8. The number of imidazole rings is 2. The molecule has 63 heavy (non-hydrogen) atoms. The summed E-state index contributed by atoms with van der Waals surface area (Å²) in [7, 11) is 1.26. The third kappa shape index (κ3) is 10.5. The van der Waals surface area contributed by atoms with E-state index in [1.165, 1.54) is 7.11 Å². The van der Waals surface area contributed by atoms with Crippen molar-refractivity contribution < 1.29 is 51.7 Å². The number of aliphatic carboxylic acids is 1. The number of benzene rings is 2. The number of nitrogens with one attached hydrogen (secondary N) is 3. The van der Waals surface area contributed by atoms with E-state index in [-0.39, 0.29) is 29.8 Å². The summed E-state index contributed by atoms with van der Waals surface area (Å²) < 4.78 is 41.6. The quantitative estimate of drug-likeness (QED) is 0.0982. The lowest BCUT2D eigenvalue weighted by atomic mass is 10.00. The fourth-order valence-corrected chi connectivity index (χ4v) is 7.53. The van der Waals surface area contributed by atoms with E-state index in [1.54, 1.807) is 29.1 Å². The number of nitrogens with two attached hydrogens (primary N) is 1. The minimum absolute atomic E-state index is 0.174. The van der Waals surface area contributed by atoms with Gasteiger partial charge in [0.2, 0.25) is 5.91 Å². The van der Waals surface area contributed by atoms with Gasteiger partial charge in [0.15, 0.2) is 6.10 Å². The number of carboxylic acid groups (broad SMARTS) is 1. The number of aromatic nitrogens is 6. The lowest BCUT2D eigenvalue weighted by molar-refractivity contribution is -0.192. The van der Waals surface area contributed by atoms with Crippen molar-refractivity contribution in [3.63, 3.8) is 0 Å². The average Bonchev–Trinajstić information content (AvgIpc) is 4.11. The van der Waals surface area contributed by atoms with Gasteiger partial charge in [-0.05, 0) is 51.2 Å². The van der Waals surface area contributed by atoms with Crippen LogP contribution in [0.1, 0.15) is 76.6 Å². The summed E-state index contributed by atoms with van der Waals surface area (Å²) in [5.41, 5.74) is 11.7. The van der Waals surface area contributed by atoms with E-state index in [2.05, 4.69) is 25.0 Å². The van der Waals surface area contributed by atoms with Crippen LogP contribution in [0.4, 0.5) is 22.8 Å². The molecule has 334 valence electrons. The van der Waals surface area contributed by atoms with E-state index in [9.17, 15) is 32.3 Å². The number of carboxylic acids is 1. The Balaban J connectivity index is 0.000000871. The van der Waals surface area contributed by atoms with Crippen LogP contribution < -0.4 is 11.1 Å². The molecule has 1 unspecified atom stereocenters. The number of methoxy groups -OCH3 is 1. The van der Waals surface area contributed by atoms with Crippen LogP contribution in [-0.2, 0) is 23.9 Å². The van der Waals surface area contributed by atoms with Gasteiger partial charge in [0.05, 0.1) is 59.7 Å². The number of halogens is 3. The number of primary amides is 1. The first-order valence-electron chi connectivity index (χ1n) is 20.2.